The molecule has 0 aliphatic rings. The van der Waals surface area contributed by atoms with Crippen molar-refractivity contribution in [3.05, 3.63) is 90.0 Å². The number of benzene rings is 3. The molecule has 3 rings (SSSR count). The van der Waals surface area contributed by atoms with Crippen molar-refractivity contribution >= 4 is 40.5 Å². The highest BCUT2D eigenvalue weighted by Crippen LogP contribution is 2.22. The lowest BCUT2D eigenvalue weighted by molar-refractivity contribution is 0.0974. The van der Waals surface area contributed by atoms with Gasteiger partial charge in [-0.1, -0.05) is 30.3 Å². The molecule has 0 unspecified atom stereocenters. The third kappa shape index (κ3) is 6.63. The second kappa shape index (κ2) is 12.5. The summed E-state index contributed by atoms with van der Waals surface area (Å²) in [4.78, 5) is 27.6. The van der Waals surface area contributed by atoms with Crippen molar-refractivity contribution in [2.75, 3.05) is 37.1 Å². The molecule has 0 saturated carbocycles. The molecule has 2 amide bonds. The third-order valence-corrected chi connectivity index (χ3v) is 5.14. The van der Waals surface area contributed by atoms with Crippen LogP contribution >= 0.6 is 12.2 Å². The standard InChI is InChI=1S/C26H27N3O4S/c1-3-29(20-9-5-4-6-10-20)25(31)22-11-7-8-12-23(22)27-26(34)28-24(30)19-13-15-21(16-14-19)33-18-17-32-2/h4-16H,3,17-18H2,1-2H3,(H2,27,28,30,34). The van der Waals surface area contributed by atoms with Crippen molar-refractivity contribution in [2.24, 2.45) is 0 Å². The van der Waals surface area contributed by atoms with E-state index in [9.17, 15) is 9.59 Å². The predicted molar refractivity (Wildman–Crippen MR) is 138 cm³/mol. The monoisotopic (exact) mass is 477 g/mol. The Hall–Kier alpha value is -3.75. The van der Waals surface area contributed by atoms with E-state index in [0.29, 0.717) is 42.3 Å². The van der Waals surface area contributed by atoms with Gasteiger partial charge in [-0.2, -0.15) is 0 Å². The van der Waals surface area contributed by atoms with Crippen molar-refractivity contribution in [1.82, 2.24) is 5.32 Å². The van der Waals surface area contributed by atoms with Crippen molar-refractivity contribution in [2.45, 2.75) is 6.92 Å². The van der Waals surface area contributed by atoms with Gasteiger partial charge in [-0.25, -0.2) is 0 Å². The Morgan fingerprint density at radius 2 is 1.59 bits per heavy atom. The highest BCUT2D eigenvalue weighted by molar-refractivity contribution is 7.80. The van der Waals surface area contributed by atoms with Crippen LogP contribution in [0.1, 0.15) is 27.6 Å². The highest BCUT2D eigenvalue weighted by atomic mass is 32.1. The second-order valence-electron chi connectivity index (χ2n) is 7.20. The average molecular weight is 478 g/mol. The van der Waals surface area contributed by atoms with E-state index in [1.165, 1.54) is 0 Å². The third-order valence-electron chi connectivity index (χ3n) is 4.93. The summed E-state index contributed by atoms with van der Waals surface area (Å²) in [5.41, 5.74) is 2.18. The Bertz CT molecular complexity index is 1120. The molecule has 0 bridgehead atoms. The number of nitrogens with zero attached hydrogens (tertiary/aromatic N) is 1. The minimum Gasteiger partial charge on any atom is -0.491 e. The summed E-state index contributed by atoms with van der Waals surface area (Å²) in [5, 5.41) is 5.73. The predicted octanol–water partition coefficient (Wildman–Crippen LogP) is 4.51. The van der Waals surface area contributed by atoms with E-state index in [1.54, 1.807) is 60.5 Å². The topological polar surface area (TPSA) is 79.9 Å². The molecule has 0 aromatic heterocycles. The van der Waals surface area contributed by atoms with Crippen LogP contribution in [0.5, 0.6) is 5.75 Å². The van der Waals surface area contributed by atoms with Gasteiger partial charge in [0.2, 0.25) is 0 Å². The van der Waals surface area contributed by atoms with Crippen LogP contribution in [0.25, 0.3) is 0 Å². The normalized spacial score (nSPS) is 10.3. The smallest absolute Gasteiger partial charge is 0.260 e. The summed E-state index contributed by atoms with van der Waals surface area (Å²) in [6, 6.07) is 23.2. The van der Waals surface area contributed by atoms with Crippen LogP contribution in [0.3, 0.4) is 0 Å². The zero-order valence-corrected chi connectivity index (χ0v) is 19.9. The number of hydrogen-bond acceptors (Lipinski definition) is 5. The summed E-state index contributed by atoms with van der Waals surface area (Å²) in [7, 11) is 1.60. The molecule has 0 saturated heterocycles. The number of anilines is 2. The van der Waals surface area contributed by atoms with Crippen LogP contribution in [-0.4, -0.2) is 43.8 Å². The molecule has 0 radical (unpaired) electrons. The molecule has 3 aromatic rings. The van der Waals surface area contributed by atoms with Crippen LogP contribution in [0, 0.1) is 0 Å². The Kier molecular flexibility index (Phi) is 9.13. The van der Waals surface area contributed by atoms with Crippen molar-refractivity contribution in [1.29, 1.82) is 0 Å². The van der Waals surface area contributed by atoms with Crippen LogP contribution in [0.15, 0.2) is 78.9 Å². The molecule has 0 aliphatic carbocycles. The molecule has 3 aromatic carbocycles. The van der Waals surface area contributed by atoms with Crippen LogP contribution in [0.2, 0.25) is 0 Å². The summed E-state index contributed by atoms with van der Waals surface area (Å²) in [6.07, 6.45) is 0. The molecular formula is C26H27N3O4S. The highest BCUT2D eigenvalue weighted by Gasteiger charge is 2.19. The number of thiocarbonyl (C=S) groups is 1. The number of nitrogens with one attached hydrogen (secondary N) is 2. The van der Waals surface area contributed by atoms with Gasteiger partial charge in [0.1, 0.15) is 12.4 Å². The lowest BCUT2D eigenvalue weighted by Gasteiger charge is -2.23. The molecule has 0 aliphatic heterocycles. The van der Waals surface area contributed by atoms with Gasteiger partial charge in [0.15, 0.2) is 5.11 Å². The number of para-hydroxylation sites is 2. The minimum atomic E-state index is -0.371. The zero-order chi connectivity index (χ0) is 24.3. The first-order valence-corrected chi connectivity index (χ1v) is 11.2. The van der Waals surface area contributed by atoms with E-state index in [4.69, 9.17) is 21.7 Å². The zero-order valence-electron chi connectivity index (χ0n) is 19.1. The van der Waals surface area contributed by atoms with E-state index in [0.717, 1.165) is 5.69 Å². The molecule has 0 spiro atoms. The number of amides is 2. The molecule has 0 heterocycles. The largest absolute Gasteiger partial charge is 0.491 e. The first-order valence-electron chi connectivity index (χ1n) is 10.8. The Morgan fingerprint density at radius 1 is 0.912 bits per heavy atom. The molecule has 2 N–H and O–H groups in total. The minimum absolute atomic E-state index is 0.0911. The number of rotatable bonds is 9. The maximum atomic E-state index is 13.3. The number of methoxy groups -OCH3 is 1. The molecule has 176 valence electrons. The quantitative estimate of drug-likeness (QED) is 0.349. The number of hydrogen-bond donors (Lipinski definition) is 2. The van der Waals surface area contributed by atoms with E-state index in [-0.39, 0.29) is 16.9 Å². The van der Waals surface area contributed by atoms with E-state index >= 15 is 0 Å². The van der Waals surface area contributed by atoms with E-state index in [2.05, 4.69) is 10.6 Å². The van der Waals surface area contributed by atoms with E-state index in [1.807, 2.05) is 37.3 Å². The van der Waals surface area contributed by atoms with Gasteiger partial charge in [-0.15, -0.1) is 0 Å². The lowest BCUT2D eigenvalue weighted by Crippen LogP contribution is -2.35. The van der Waals surface area contributed by atoms with Crippen LogP contribution in [-0.2, 0) is 4.74 Å². The molecular weight excluding hydrogens is 450 g/mol. The van der Waals surface area contributed by atoms with Gasteiger partial charge in [0, 0.05) is 24.9 Å². The summed E-state index contributed by atoms with van der Waals surface area (Å²) in [6.45, 7) is 3.32. The van der Waals surface area contributed by atoms with Gasteiger partial charge in [0.05, 0.1) is 17.9 Å². The fourth-order valence-corrected chi connectivity index (χ4v) is 3.45. The summed E-state index contributed by atoms with van der Waals surface area (Å²) in [5.74, 6) is 0.0971. The molecule has 8 heteroatoms. The van der Waals surface area contributed by atoms with E-state index < -0.39 is 0 Å². The van der Waals surface area contributed by atoms with Gasteiger partial charge < -0.3 is 19.7 Å². The van der Waals surface area contributed by atoms with Crippen LogP contribution in [0.4, 0.5) is 11.4 Å². The average Bonchev–Trinajstić information content (AvgIpc) is 2.86. The van der Waals surface area contributed by atoms with Gasteiger partial charge in [-0.3, -0.25) is 14.9 Å². The fourth-order valence-electron chi connectivity index (χ4n) is 3.25. The first-order chi connectivity index (χ1) is 16.5. The molecule has 34 heavy (non-hydrogen) atoms. The lowest BCUT2D eigenvalue weighted by atomic mass is 10.1. The van der Waals surface area contributed by atoms with Gasteiger partial charge in [0.25, 0.3) is 11.8 Å². The van der Waals surface area contributed by atoms with Crippen molar-refractivity contribution in [3.63, 3.8) is 0 Å². The van der Waals surface area contributed by atoms with Crippen molar-refractivity contribution < 1.29 is 19.1 Å². The maximum Gasteiger partial charge on any atom is 0.260 e. The molecule has 0 atom stereocenters. The SMILES string of the molecule is CCN(C(=O)c1ccccc1NC(=S)NC(=O)c1ccc(OCCOC)cc1)c1ccccc1. The number of carbonyl (C=O) groups is 2. The van der Waals surface area contributed by atoms with Crippen LogP contribution < -0.4 is 20.3 Å². The first kappa shape index (κ1) is 24.9. The molecule has 0 fully saturated rings. The van der Waals surface area contributed by atoms with Crippen molar-refractivity contribution in [3.8, 4) is 5.75 Å². The Balaban J connectivity index is 1.66. The fraction of sp³-hybridized carbons (Fsp3) is 0.192. The second-order valence-corrected chi connectivity index (χ2v) is 7.61. The Labute approximate surface area is 204 Å². The molecule has 7 nitrogen and oxygen atoms in total. The number of ether oxygens (including phenoxy) is 2. The summed E-state index contributed by atoms with van der Waals surface area (Å²) >= 11 is 5.34. The van der Waals surface area contributed by atoms with Gasteiger partial charge >= 0.3 is 0 Å². The summed E-state index contributed by atoms with van der Waals surface area (Å²) < 4.78 is 10.5. The Morgan fingerprint density at radius 3 is 2.26 bits per heavy atom. The van der Waals surface area contributed by atoms with Gasteiger partial charge in [-0.05, 0) is 67.7 Å². The maximum absolute atomic E-state index is 13.3. The number of carbonyl (C=O) groups excluding carboxylic acids is 2.